The summed E-state index contributed by atoms with van der Waals surface area (Å²) in [5.74, 6) is 1.29. The molecule has 1 aromatic rings. The van der Waals surface area contributed by atoms with E-state index in [1.165, 1.54) is 51.7 Å². The third kappa shape index (κ3) is 4.51. The molecular formula is C25H36N2O3. The van der Waals surface area contributed by atoms with Crippen molar-refractivity contribution in [1.82, 2.24) is 10.6 Å². The van der Waals surface area contributed by atoms with Crippen molar-refractivity contribution < 1.29 is 14.6 Å². The Balaban J connectivity index is 1.21. The molecule has 2 atom stereocenters. The maximum Gasteiger partial charge on any atom is 0.243 e. The van der Waals surface area contributed by atoms with E-state index in [0.29, 0.717) is 28.7 Å². The van der Waals surface area contributed by atoms with Crippen LogP contribution in [-0.2, 0) is 4.79 Å². The normalized spacial score (nSPS) is 34.4. The Bertz CT molecular complexity index is 816. The highest BCUT2D eigenvalue weighted by Crippen LogP contribution is 2.66. The summed E-state index contributed by atoms with van der Waals surface area (Å²) in [5.41, 5.74) is 2.18. The molecule has 4 aliphatic carbocycles. The number of hydrogen-bond acceptors (Lipinski definition) is 4. The summed E-state index contributed by atoms with van der Waals surface area (Å²) in [6.07, 6.45) is 12.4. The van der Waals surface area contributed by atoms with Crippen LogP contribution in [0.1, 0.15) is 64.4 Å². The summed E-state index contributed by atoms with van der Waals surface area (Å²) in [5, 5.41) is 16.5. The van der Waals surface area contributed by atoms with Gasteiger partial charge in [-0.15, -0.1) is 0 Å². The van der Waals surface area contributed by atoms with Crippen LogP contribution in [0.3, 0.4) is 0 Å². The first-order valence-corrected chi connectivity index (χ1v) is 11.3. The number of hydrogen-bond donors (Lipinski definition) is 3. The second-order valence-electron chi connectivity index (χ2n) is 10.7. The van der Waals surface area contributed by atoms with Crippen LogP contribution in [0.25, 0.3) is 6.08 Å². The zero-order valence-electron chi connectivity index (χ0n) is 18.6. The highest BCUT2D eigenvalue weighted by Gasteiger charge is 2.59. The molecule has 4 saturated carbocycles. The molecule has 4 fully saturated rings. The first kappa shape index (κ1) is 21.2. The molecular weight excluding hydrogens is 376 g/mol. The molecule has 164 valence electrons. The number of benzene rings is 1. The lowest BCUT2D eigenvalue weighted by Crippen LogP contribution is -2.64. The van der Waals surface area contributed by atoms with Gasteiger partial charge in [0.15, 0.2) is 11.5 Å². The summed E-state index contributed by atoms with van der Waals surface area (Å²) in [6.45, 7) is 6.63. The second kappa shape index (κ2) is 7.92. The summed E-state index contributed by atoms with van der Waals surface area (Å²) in [6, 6.07) is 5.01. The standard InChI is InChI=1S/C25H36N2O3/c1-23-12-19-13-24(2,15-23)17-25(14-19,16-23)27-10-4-9-26-22(29)8-6-18-5-7-20(28)21(11-18)30-3/h5-8,11,19,27-28H,4,9-10,12-17H2,1-3H3,(H,26,29)/b8-6+. The Morgan fingerprint density at radius 2 is 1.90 bits per heavy atom. The molecule has 0 aromatic heterocycles. The van der Waals surface area contributed by atoms with Gasteiger partial charge in [0.1, 0.15) is 0 Å². The fraction of sp³-hybridized carbons (Fsp3) is 0.640. The Morgan fingerprint density at radius 3 is 2.57 bits per heavy atom. The lowest BCUT2D eigenvalue weighted by Gasteiger charge is -2.65. The van der Waals surface area contributed by atoms with Crippen LogP contribution >= 0.6 is 0 Å². The Morgan fingerprint density at radius 1 is 1.17 bits per heavy atom. The van der Waals surface area contributed by atoms with E-state index in [2.05, 4.69) is 24.5 Å². The van der Waals surface area contributed by atoms with Gasteiger partial charge in [-0.25, -0.2) is 0 Å². The van der Waals surface area contributed by atoms with E-state index in [1.807, 2.05) is 0 Å². The number of rotatable bonds is 8. The fourth-order valence-corrected chi connectivity index (χ4v) is 7.33. The molecule has 0 aliphatic heterocycles. The number of aromatic hydroxyl groups is 1. The molecule has 5 nitrogen and oxygen atoms in total. The third-order valence-electron chi connectivity index (χ3n) is 7.41. The van der Waals surface area contributed by atoms with Gasteiger partial charge >= 0.3 is 0 Å². The molecule has 0 heterocycles. The van der Waals surface area contributed by atoms with Crippen molar-refractivity contribution in [1.29, 1.82) is 0 Å². The van der Waals surface area contributed by atoms with Gasteiger partial charge in [0.25, 0.3) is 0 Å². The molecule has 30 heavy (non-hydrogen) atoms. The van der Waals surface area contributed by atoms with Crippen molar-refractivity contribution in [3.8, 4) is 11.5 Å². The molecule has 0 spiro atoms. The first-order chi connectivity index (χ1) is 14.2. The summed E-state index contributed by atoms with van der Waals surface area (Å²) in [4.78, 5) is 12.1. The zero-order chi connectivity index (χ0) is 21.4. The Hall–Kier alpha value is -2.01. The van der Waals surface area contributed by atoms with E-state index in [4.69, 9.17) is 4.74 Å². The minimum absolute atomic E-state index is 0.0913. The van der Waals surface area contributed by atoms with Crippen LogP contribution < -0.4 is 15.4 Å². The predicted molar refractivity (Wildman–Crippen MR) is 119 cm³/mol. The minimum atomic E-state index is -0.100. The molecule has 5 rings (SSSR count). The monoisotopic (exact) mass is 412 g/mol. The fourth-order valence-electron chi connectivity index (χ4n) is 7.33. The average Bonchev–Trinajstić information content (AvgIpc) is 2.64. The van der Waals surface area contributed by atoms with Gasteiger partial charge in [-0.2, -0.15) is 0 Å². The Labute approximate surface area is 180 Å². The predicted octanol–water partition coefficient (Wildman–Crippen LogP) is 4.26. The highest BCUT2D eigenvalue weighted by atomic mass is 16.5. The molecule has 4 bridgehead atoms. The molecule has 4 aliphatic rings. The third-order valence-corrected chi connectivity index (χ3v) is 7.41. The highest BCUT2D eigenvalue weighted by molar-refractivity contribution is 5.91. The van der Waals surface area contributed by atoms with E-state index in [0.717, 1.165) is 24.4 Å². The van der Waals surface area contributed by atoms with Crippen molar-refractivity contribution in [2.45, 2.75) is 64.3 Å². The van der Waals surface area contributed by atoms with E-state index in [-0.39, 0.29) is 11.7 Å². The summed E-state index contributed by atoms with van der Waals surface area (Å²) in [7, 11) is 1.51. The van der Waals surface area contributed by atoms with E-state index in [1.54, 1.807) is 24.3 Å². The van der Waals surface area contributed by atoms with E-state index >= 15 is 0 Å². The molecule has 0 saturated heterocycles. The van der Waals surface area contributed by atoms with Gasteiger partial charge < -0.3 is 20.5 Å². The Kier molecular flexibility index (Phi) is 5.60. The van der Waals surface area contributed by atoms with Crippen molar-refractivity contribution >= 4 is 12.0 Å². The van der Waals surface area contributed by atoms with Crippen LogP contribution in [0.2, 0.25) is 0 Å². The molecule has 5 heteroatoms. The molecule has 2 unspecified atom stereocenters. The number of nitrogens with one attached hydrogen (secondary N) is 2. The van der Waals surface area contributed by atoms with Crippen molar-refractivity contribution in [2.24, 2.45) is 16.7 Å². The van der Waals surface area contributed by atoms with Gasteiger partial charge in [-0.1, -0.05) is 19.9 Å². The number of phenolic OH excluding ortho intramolecular Hbond substituents is 1. The van der Waals surface area contributed by atoms with Crippen LogP contribution in [0, 0.1) is 16.7 Å². The second-order valence-corrected chi connectivity index (χ2v) is 10.7. The number of methoxy groups -OCH3 is 1. The van der Waals surface area contributed by atoms with Crippen LogP contribution in [0.5, 0.6) is 11.5 Å². The number of carbonyl (C=O) groups is 1. The average molecular weight is 413 g/mol. The largest absolute Gasteiger partial charge is 0.504 e. The maximum atomic E-state index is 12.1. The van der Waals surface area contributed by atoms with E-state index in [9.17, 15) is 9.90 Å². The van der Waals surface area contributed by atoms with Gasteiger partial charge in [-0.3, -0.25) is 4.79 Å². The molecule has 1 amide bonds. The molecule has 0 radical (unpaired) electrons. The SMILES string of the molecule is COc1cc(/C=C/C(=O)NCCCNC23CC4CC(C)(CC(C)(C4)C2)C3)ccc1O. The zero-order valence-corrected chi connectivity index (χ0v) is 18.6. The topological polar surface area (TPSA) is 70.6 Å². The smallest absolute Gasteiger partial charge is 0.243 e. The van der Waals surface area contributed by atoms with Gasteiger partial charge in [0.05, 0.1) is 7.11 Å². The lowest BCUT2D eigenvalue weighted by molar-refractivity contribution is -0.117. The number of carbonyl (C=O) groups excluding carboxylic acids is 1. The quantitative estimate of drug-likeness (QED) is 0.441. The van der Waals surface area contributed by atoms with Crippen LogP contribution in [0.4, 0.5) is 0 Å². The van der Waals surface area contributed by atoms with Crippen molar-refractivity contribution in [2.75, 3.05) is 20.2 Å². The first-order valence-electron chi connectivity index (χ1n) is 11.3. The summed E-state index contributed by atoms with van der Waals surface area (Å²) >= 11 is 0. The van der Waals surface area contributed by atoms with Crippen LogP contribution in [-0.4, -0.2) is 36.8 Å². The van der Waals surface area contributed by atoms with E-state index < -0.39 is 0 Å². The number of ether oxygens (including phenoxy) is 1. The van der Waals surface area contributed by atoms with Crippen molar-refractivity contribution in [3.05, 3.63) is 29.8 Å². The lowest BCUT2D eigenvalue weighted by atomic mass is 9.43. The number of amides is 1. The minimum Gasteiger partial charge on any atom is -0.504 e. The van der Waals surface area contributed by atoms with Gasteiger partial charge in [-0.05, 0) is 92.0 Å². The number of phenols is 1. The van der Waals surface area contributed by atoms with Crippen LogP contribution in [0.15, 0.2) is 24.3 Å². The van der Waals surface area contributed by atoms with Gasteiger partial charge in [0, 0.05) is 18.2 Å². The summed E-state index contributed by atoms with van der Waals surface area (Å²) < 4.78 is 5.09. The molecule has 1 aromatic carbocycles. The van der Waals surface area contributed by atoms with Gasteiger partial charge in [0.2, 0.25) is 5.91 Å². The van der Waals surface area contributed by atoms with Crippen molar-refractivity contribution in [3.63, 3.8) is 0 Å². The molecule has 3 N–H and O–H groups in total. The maximum absolute atomic E-state index is 12.1.